The van der Waals surface area contributed by atoms with Crippen molar-refractivity contribution in [2.24, 2.45) is 0 Å². The van der Waals surface area contributed by atoms with E-state index in [1.54, 1.807) is 0 Å². The van der Waals surface area contributed by atoms with Crippen LogP contribution in [-0.2, 0) is 6.42 Å². The summed E-state index contributed by atoms with van der Waals surface area (Å²) in [6.45, 7) is 9.13. The number of rotatable bonds is 7. The Balaban J connectivity index is 2.63. The van der Waals surface area contributed by atoms with E-state index in [-0.39, 0.29) is 0 Å². The van der Waals surface area contributed by atoms with E-state index in [4.69, 9.17) is 23.2 Å². The third kappa shape index (κ3) is 5.43. The highest BCUT2D eigenvalue weighted by molar-refractivity contribution is 6.42. The second-order valence-electron chi connectivity index (χ2n) is 4.70. The van der Waals surface area contributed by atoms with Crippen LogP contribution < -0.4 is 5.32 Å². The summed E-state index contributed by atoms with van der Waals surface area (Å²) in [7, 11) is 0. The highest BCUT2D eigenvalue weighted by atomic mass is 35.5. The van der Waals surface area contributed by atoms with E-state index in [1.807, 2.05) is 18.2 Å². The van der Waals surface area contributed by atoms with E-state index < -0.39 is 0 Å². The molecule has 0 saturated heterocycles. The Hall–Kier alpha value is -0.500. The molecule has 0 spiro atoms. The molecule has 1 N–H and O–H groups in total. The monoisotopic (exact) mass is 285 g/mol. The summed E-state index contributed by atoms with van der Waals surface area (Å²) in [5.41, 5.74) is 2.45. The van der Waals surface area contributed by atoms with Gasteiger partial charge in [0, 0.05) is 6.04 Å². The van der Waals surface area contributed by atoms with Crippen LogP contribution in [0.1, 0.15) is 32.3 Å². The van der Waals surface area contributed by atoms with E-state index in [1.165, 1.54) is 11.1 Å². The molecule has 1 rings (SSSR count). The number of allylic oxidation sites excluding steroid dienone is 1. The molecule has 0 aliphatic heterocycles. The molecular formula is C15H21Cl2N. The van der Waals surface area contributed by atoms with Gasteiger partial charge in [0.2, 0.25) is 0 Å². The average Bonchev–Trinajstić information content (AvgIpc) is 2.31. The standard InChI is InChI=1S/C15H21Cl2N/c1-4-18-13(7-5-11(2)3)9-12-6-8-14(16)15(17)10-12/h6,8,10,13,18H,2,4-5,7,9H2,1,3H3. The van der Waals surface area contributed by atoms with Gasteiger partial charge in [-0.3, -0.25) is 0 Å². The summed E-state index contributed by atoms with van der Waals surface area (Å²) in [6, 6.07) is 6.32. The maximum atomic E-state index is 6.04. The topological polar surface area (TPSA) is 12.0 Å². The van der Waals surface area contributed by atoms with Crippen LogP contribution >= 0.6 is 23.2 Å². The lowest BCUT2D eigenvalue weighted by Crippen LogP contribution is -2.31. The van der Waals surface area contributed by atoms with Crippen LogP contribution in [0.4, 0.5) is 0 Å². The Morgan fingerprint density at radius 1 is 1.33 bits per heavy atom. The van der Waals surface area contributed by atoms with Crippen LogP contribution in [-0.4, -0.2) is 12.6 Å². The lowest BCUT2D eigenvalue weighted by atomic mass is 10.00. The zero-order chi connectivity index (χ0) is 13.5. The fourth-order valence-corrected chi connectivity index (χ4v) is 2.26. The van der Waals surface area contributed by atoms with Crippen molar-refractivity contribution in [2.75, 3.05) is 6.54 Å². The molecule has 1 unspecified atom stereocenters. The summed E-state index contributed by atoms with van der Waals surface area (Å²) < 4.78 is 0. The van der Waals surface area contributed by atoms with Crippen molar-refractivity contribution in [3.8, 4) is 0 Å². The second kappa shape index (κ2) is 7.83. The van der Waals surface area contributed by atoms with Gasteiger partial charge < -0.3 is 5.32 Å². The number of nitrogens with one attached hydrogen (secondary N) is 1. The highest BCUT2D eigenvalue weighted by Gasteiger charge is 2.09. The van der Waals surface area contributed by atoms with Gasteiger partial charge in [-0.15, -0.1) is 6.58 Å². The molecule has 1 atom stereocenters. The molecule has 0 bridgehead atoms. The molecule has 0 aliphatic rings. The van der Waals surface area contributed by atoms with Gasteiger partial charge in [-0.05, 0) is 50.4 Å². The van der Waals surface area contributed by atoms with E-state index in [2.05, 4.69) is 25.7 Å². The van der Waals surface area contributed by atoms with Crippen LogP contribution in [0, 0.1) is 0 Å². The molecule has 1 aromatic carbocycles. The molecule has 18 heavy (non-hydrogen) atoms. The quantitative estimate of drug-likeness (QED) is 0.705. The number of likely N-dealkylation sites (N-methyl/N-ethyl adjacent to an activating group) is 1. The zero-order valence-corrected chi connectivity index (χ0v) is 12.6. The first kappa shape index (κ1) is 15.6. The smallest absolute Gasteiger partial charge is 0.0595 e. The Kier molecular flexibility index (Phi) is 6.77. The first-order valence-electron chi connectivity index (χ1n) is 6.34. The molecular weight excluding hydrogens is 265 g/mol. The molecule has 1 nitrogen and oxygen atoms in total. The second-order valence-corrected chi connectivity index (χ2v) is 5.52. The lowest BCUT2D eigenvalue weighted by molar-refractivity contribution is 0.490. The van der Waals surface area contributed by atoms with Crippen molar-refractivity contribution in [3.63, 3.8) is 0 Å². The third-order valence-corrected chi connectivity index (χ3v) is 3.62. The van der Waals surface area contributed by atoms with Gasteiger partial charge in [-0.1, -0.05) is 41.8 Å². The van der Waals surface area contributed by atoms with Crippen molar-refractivity contribution in [1.82, 2.24) is 5.32 Å². The highest BCUT2D eigenvalue weighted by Crippen LogP contribution is 2.23. The fraction of sp³-hybridized carbons (Fsp3) is 0.467. The Labute approximate surface area is 120 Å². The Morgan fingerprint density at radius 3 is 2.61 bits per heavy atom. The van der Waals surface area contributed by atoms with Gasteiger partial charge in [0.15, 0.2) is 0 Å². The van der Waals surface area contributed by atoms with Gasteiger partial charge in [0.25, 0.3) is 0 Å². The molecule has 0 heterocycles. The van der Waals surface area contributed by atoms with Crippen LogP contribution in [0.2, 0.25) is 10.0 Å². The summed E-state index contributed by atoms with van der Waals surface area (Å²) in [5.74, 6) is 0. The Morgan fingerprint density at radius 2 is 2.06 bits per heavy atom. The molecule has 3 heteroatoms. The third-order valence-electron chi connectivity index (χ3n) is 2.88. The van der Waals surface area contributed by atoms with Gasteiger partial charge in [0.05, 0.1) is 10.0 Å². The molecule has 0 aromatic heterocycles. The molecule has 0 radical (unpaired) electrons. The lowest BCUT2D eigenvalue weighted by Gasteiger charge is -2.18. The van der Waals surface area contributed by atoms with E-state index >= 15 is 0 Å². The van der Waals surface area contributed by atoms with Gasteiger partial charge >= 0.3 is 0 Å². The fourth-order valence-electron chi connectivity index (χ4n) is 1.94. The van der Waals surface area contributed by atoms with Crippen LogP contribution in [0.15, 0.2) is 30.4 Å². The molecule has 0 amide bonds. The van der Waals surface area contributed by atoms with E-state index in [0.717, 1.165) is 25.8 Å². The first-order valence-corrected chi connectivity index (χ1v) is 7.10. The molecule has 0 saturated carbocycles. The van der Waals surface area contributed by atoms with Crippen molar-refractivity contribution < 1.29 is 0 Å². The summed E-state index contributed by atoms with van der Waals surface area (Å²) >= 11 is 12.0. The maximum Gasteiger partial charge on any atom is 0.0595 e. The predicted molar refractivity (Wildman–Crippen MR) is 81.7 cm³/mol. The summed E-state index contributed by atoms with van der Waals surface area (Å²) in [4.78, 5) is 0. The largest absolute Gasteiger partial charge is 0.314 e. The van der Waals surface area contributed by atoms with Crippen molar-refractivity contribution >= 4 is 23.2 Å². The maximum absolute atomic E-state index is 6.04. The van der Waals surface area contributed by atoms with E-state index in [0.29, 0.717) is 16.1 Å². The average molecular weight is 286 g/mol. The summed E-state index contributed by atoms with van der Waals surface area (Å²) in [6.07, 6.45) is 3.13. The Bertz CT molecular complexity index is 401. The van der Waals surface area contributed by atoms with Crippen LogP contribution in [0.5, 0.6) is 0 Å². The van der Waals surface area contributed by atoms with Gasteiger partial charge in [-0.25, -0.2) is 0 Å². The predicted octanol–water partition coefficient (Wildman–Crippen LogP) is 4.87. The number of benzene rings is 1. The van der Waals surface area contributed by atoms with Crippen LogP contribution in [0.3, 0.4) is 0 Å². The van der Waals surface area contributed by atoms with Crippen molar-refractivity contribution in [1.29, 1.82) is 0 Å². The minimum atomic E-state index is 0.462. The number of hydrogen-bond acceptors (Lipinski definition) is 1. The van der Waals surface area contributed by atoms with E-state index in [9.17, 15) is 0 Å². The minimum Gasteiger partial charge on any atom is -0.314 e. The number of hydrogen-bond donors (Lipinski definition) is 1. The normalized spacial score (nSPS) is 12.4. The van der Waals surface area contributed by atoms with Crippen molar-refractivity contribution in [2.45, 2.75) is 39.2 Å². The number of halogens is 2. The SMILES string of the molecule is C=C(C)CCC(Cc1ccc(Cl)c(Cl)c1)NCC. The zero-order valence-electron chi connectivity index (χ0n) is 11.1. The minimum absolute atomic E-state index is 0.462. The van der Waals surface area contributed by atoms with Gasteiger partial charge in [0.1, 0.15) is 0 Å². The first-order chi connectivity index (χ1) is 8.52. The molecule has 0 aliphatic carbocycles. The van der Waals surface area contributed by atoms with Gasteiger partial charge in [-0.2, -0.15) is 0 Å². The summed E-state index contributed by atoms with van der Waals surface area (Å²) in [5, 5.41) is 4.75. The van der Waals surface area contributed by atoms with Crippen molar-refractivity contribution in [3.05, 3.63) is 46.0 Å². The molecule has 100 valence electrons. The molecule has 0 fully saturated rings. The molecule has 1 aromatic rings. The van der Waals surface area contributed by atoms with Crippen LogP contribution in [0.25, 0.3) is 0 Å².